The molecule has 2 aromatic rings. The minimum atomic E-state index is -0.996. The Kier molecular flexibility index (Phi) is 5.20. The van der Waals surface area contributed by atoms with Gasteiger partial charge in [0.25, 0.3) is 0 Å². The monoisotopic (exact) mass is 379 g/mol. The number of rotatable bonds is 4. The fourth-order valence-corrected chi connectivity index (χ4v) is 3.36. The molecule has 1 fully saturated rings. The van der Waals surface area contributed by atoms with Gasteiger partial charge in [0.1, 0.15) is 5.82 Å². The highest BCUT2D eigenvalue weighted by Gasteiger charge is 2.38. The SMILES string of the molecule is O=C(O)CC1CC[C@@H](c2ccc(Cl)cc2)N(c2ccnc(Cl)n2)C1=O. The van der Waals surface area contributed by atoms with Crippen molar-refractivity contribution in [3.8, 4) is 0 Å². The molecule has 0 aliphatic carbocycles. The number of aliphatic carboxylic acids is 1. The Morgan fingerprint density at radius 1 is 1.20 bits per heavy atom. The Bertz CT molecular complexity index is 798. The molecule has 1 N–H and O–H groups in total. The quantitative estimate of drug-likeness (QED) is 0.817. The van der Waals surface area contributed by atoms with Crippen molar-refractivity contribution in [3.05, 3.63) is 52.4 Å². The van der Waals surface area contributed by atoms with Crippen LogP contribution < -0.4 is 4.90 Å². The van der Waals surface area contributed by atoms with Crippen LogP contribution in [0.5, 0.6) is 0 Å². The maximum absolute atomic E-state index is 13.0. The van der Waals surface area contributed by atoms with Crippen molar-refractivity contribution in [3.63, 3.8) is 0 Å². The summed E-state index contributed by atoms with van der Waals surface area (Å²) in [6, 6.07) is 8.56. The van der Waals surface area contributed by atoms with Crippen LogP contribution in [0.2, 0.25) is 10.3 Å². The minimum Gasteiger partial charge on any atom is -0.481 e. The molecule has 1 aliphatic heterocycles. The van der Waals surface area contributed by atoms with Gasteiger partial charge in [0, 0.05) is 17.1 Å². The molecule has 8 heteroatoms. The van der Waals surface area contributed by atoms with Crippen LogP contribution in [0.15, 0.2) is 36.5 Å². The van der Waals surface area contributed by atoms with Gasteiger partial charge in [0.05, 0.1) is 12.5 Å². The van der Waals surface area contributed by atoms with Crippen LogP contribution >= 0.6 is 23.2 Å². The second kappa shape index (κ2) is 7.37. The largest absolute Gasteiger partial charge is 0.481 e. The standard InChI is InChI=1S/C17H15Cl2N3O3/c18-12-4-1-10(2-5-12)13-6-3-11(9-15(23)24)16(25)22(13)14-7-8-20-17(19)21-14/h1-2,4-5,7-8,11,13H,3,6,9H2,(H,23,24)/t11?,13-/m0/s1. The van der Waals surface area contributed by atoms with Gasteiger partial charge >= 0.3 is 5.97 Å². The maximum Gasteiger partial charge on any atom is 0.304 e. The molecule has 0 bridgehead atoms. The molecule has 130 valence electrons. The molecular weight excluding hydrogens is 365 g/mol. The van der Waals surface area contributed by atoms with E-state index in [2.05, 4.69) is 9.97 Å². The number of carbonyl (C=O) groups is 2. The zero-order valence-corrected chi connectivity index (χ0v) is 14.6. The second-order valence-electron chi connectivity index (χ2n) is 5.83. The third-order valence-corrected chi connectivity index (χ3v) is 4.66. The van der Waals surface area contributed by atoms with E-state index in [4.69, 9.17) is 28.3 Å². The first-order valence-corrected chi connectivity index (χ1v) is 8.50. The lowest BCUT2D eigenvalue weighted by Crippen LogP contribution is -2.44. The van der Waals surface area contributed by atoms with E-state index >= 15 is 0 Å². The second-order valence-corrected chi connectivity index (χ2v) is 6.61. The first kappa shape index (κ1) is 17.6. The average Bonchev–Trinajstić information content (AvgIpc) is 2.57. The molecule has 6 nitrogen and oxygen atoms in total. The third kappa shape index (κ3) is 3.91. The van der Waals surface area contributed by atoms with Crippen molar-refractivity contribution in [1.82, 2.24) is 9.97 Å². The molecule has 2 heterocycles. The molecule has 25 heavy (non-hydrogen) atoms. The first-order chi connectivity index (χ1) is 12.0. The Morgan fingerprint density at radius 3 is 2.56 bits per heavy atom. The van der Waals surface area contributed by atoms with E-state index in [1.54, 1.807) is 18.2 Å². The normalized spacial score (nSPS) is 20.6. The van der Waals surface area contributed by atoms with Crippen molar-refractivity contribution in [2.24, 2.45) is 5.92 Å². The summed E-state index contributed by atoms with van der Waals surface area (Å²) < 4.78 is 0. The molecule has 1 aromatic heterocycles. The molecule has 1 aromatic carbocycles. The average molecular weight is 380 g/mol. The highest BCUT2D eigenvalue weighted by Crippen LogP contribution is 2.38. The molecule has 2 atom stereocenters. The van der Waals surface area contributed by atoms with Crippen molar-refractivity contribution < 1.29 is 14.7 Å². The summed E-state index contributed by atoms with van der Waals surface area (Å²) in [5.74, 6) is -1.50. The van der Waals surface area contributed by atoms with Crippen molar-refractivity contribution in [1.29, 1.82) is 0 Å². The van der Waals surface area contributed by atoms with Gasteiger partial charge in [-0.15, -0.1) is 0 Å². The smallest absolute Gasteiger partial charge is 0.304 e. The molecule has 0 saturated carbocycles. The van der Waals surface area contributed by atoms with Crippen LogP contribution in [0.3, 0.4) is 0 Å². The third-order valence-electron chi connectivity index (χ3n) is 4.22. The number of carbonyl (C=O) groups excluding carboxylic acids is 1. The topological polar surface area (TPSA) is 83.4 Å². The molecule has 0 radical (unpaired) electrons. The lowest BCUT2D eigenvalue weighted by molar-refractivity contribution is -0.141. The lowest BCUT2D eigenvalue weighted by atomic mass is 9.86. The van der Waals surface area contributed by atoms with E-state index in [1.807, 2.05) is 12.1 Å². The summed E-state index contributed by atoms with van der Waals surface area (Å²) >= 11 is 11.8. The van der Waals surface area contributed by atoms with Crippen LogP contribution in [0.25, 0.3) is 0 Å². The van der Waals surface area contributed by atoms with E-state index < -0.39 is 11.9 Å². The van der Waals surface area contributed by atoms with Crippen LogP contribution in [0.1, 0.15) is 30.9 Å². The highest BCUT2D eigenvalue weighted by atomic mass is 35.5. The van der Waals surface area contributed by atoms with Gasteiger partial charge in [-0.25, -0.2) is 9.97 Å². The number of nitrogens with zero attached hydrogens (tertiary/aromatic N) is 3. The molecule has 3 rings (SSSR count). The fourth-order valence-electron chi connectivity index (χ4n) is 3.10. The van der Waals surface area contributed by atoms with Gasteiger partial charge in [-0.05, 0) is 48.2 Å². The lowest BCUT2D eigenvalue weighted by Gasteiger charge is -2.38. The fraction of sp³-hybridized carbons (Fsp3) is 0.294. The van der Waals surface area contributed by atoms with Gasteiger partial charge in [0.2, 0.25) is 11.2 Å². The molecule has 1 saturated heterocycles. The molecular formula is C17H15Cl2N3O3. The van der Waals surface area contributed by atoms with E-state index in [1.165, 1.54) is 11.1 Å². The van der Waals surface area contributed by atoms with Gasteiger partial charge in [-0.3, -0.25) is 14.5 Å². The predicted molar refractivity (Wildman–Crippen MR) is 93.7 cm³/mol. The number of amides is 1. The van der Waals surface area contributed by atoms with Gasteiger partial charge < -0.3 is 5.11 Å². The highest BCUT2D eigenvalue weighted by molar-refractivity contribution is 6.30. The van der Waals surface area contributed by atoms with E-state index in [-0.39, 0.29) is 23.7 Å². The number of aromatic nitrogens is 2. The number of piperidine rings is 1. The van der Waals surface area contributed by atoms with Crippen LogP contribution in [-0.4, -0.2) is 27.0 Å². The zero-order chi connectivity index (χ0) is 18.0. The summed E-state index contributed by atoms with van der Waals surface area (Å²) in [7, 11) is 0. The van der Waals surface area contributed by atoms with Crippen molar-refractivity contribution in [2.45, 2.75) is 25.3 Å². The summed E-state index contributed by atoms with van der Waals surface area (Å²) in [4.78, 5) is 33.5. The maximum atomic E-state index is 13.0. The van der Waals surface area contributed by atoms with Crippen LogP contribution in [-0.2, 0) is 9.59 Å². The molecule has 0 spiro atoms. The Hall–Kier alpha value is -2.18. The van der Waals surface area contributed by atoms with E-state index in [0.29, 0.717) is 23.7 Å². The Morgan fingerprint density at radius 2 is 1.92 bits per heavy atom. The number of carboxylic acids is 1. The van der Waals surface area contributed by atoms with E-state index in [0.717, 1.165) is 5.56 Å². The summed E-state index contributed by atoms with van der Waals surface area (Å²) in [5, 5.41) is 9.70. The van der Waals surface area contributed by atoms with Crippen LogP contribution in [0, 0.1) is 5.92 Å². The van der Waals surface area contributed by atoms with E-state index in [9.17, 15) is 9.59 Å². The number of halogens is 2. The van der Waals surface area contributed by atoms with Gasteiger partial charge in [-0.1, -0.05) is 23.7 Å². The predicted octanol–water partition coefficient (Wildman–Crippen LogP) is 3.74. The van der Waals surface area contributed by atoms with Crippen LogP contribution in [0.4, 0.5) is 5.82 Å². The summed E-state index contributed by atoms with van der Waals surface area (Å²) in [6.07, 6.45) is 2.37. The number of hydrogen-bond donors (Lipinski definition) is 1. The molecule has 1 amide bonds. The van der Waals surface area contributed by atoms with Gasteiger partial charge in [-0.2, -0.15) is 0 Å². The summed E-state index contributed by atoms with van der Waals surface area (Å²) in [6.45, 7) is 0. The minimum absolute atomic E-state index is 0.0283. The van der Waals surface area contributed by atoms with Crippen molar-refractivity contribution >= 4 is 40.9 Å². The number of hydrogen-bond acceptors (Lipinski definition) is 4. The van der Waals surface area contributed by atoms with Gasteiger partial charge in [0.15, 0.2) is 0 Å². The number of anilines is 1. The Balaban J connectivity index is 2.00. The number of benzene rings is 1. The first-order valence-electron chi connectivity index (χ1n) is 7.74. The molecule has 1 unspecified atom stereocenters. The Labute approximate surface area is 154 Å². The van der Waals surface area contributed by atoms with Crippen molar-refractivity contribution in [2.75, 3.05) is 4.90 Å². The zero-order valence-electron chi connectivity index (χ0n) is 13.1. The summed E-state index contributed by atoms with van der Waals surface area (Å²) in [5.41, 5.74) is 0.904. The molecule has 1 aliphatic rings. The number of carboxylic acid groups (broad SMARTS) is 1.